The normalized spacial score (nSPS) is 13.1. The van der Waals surface area contributed by atoms with Crippen LogP contribution >= 0.6 is 11.8 Å². The van der Waals surface area contributed by atoms with Crippen molar-refractivity contribution in [3.8, 4) is 0 Å². The van der Waals surface area contributed by atoms with Crippen molar-refractivity contribution in [2.24, 2.45) is 0 Å². The van der Waals surface area contributed by atoms with Crippen molar-refractivity contribution in [1.29, 1.82) is 0 Å². The van der Waals surface area contributed by atoms with Gasteiger partial charge in [0.15, 0.2) is 0 Å². The lowest BCUT2D eigenvalue weighted by molar-refractivity contribution is 0.172. The molecule has 86 valence electrons. The highest BCUT2D eigenvalue weighted by atomic mass is 32.2. The van der Waals surface area contributed by atoms with Gasteiger partial charge in [-0.25, -0.2) is 0 Å². The Labute approximate surface area is 93.2 Å². The first-order valence-electron chi connectivity index (χ1n) is 5.52. The van der Waals surface area contributed by atoms with Crippen LogP contribution in [0.15, 0.2) is 0 Å². The molecule has 2 nitrogen and oxygen atoms in total. The summed E-state index contributed by atoms with van der Waals surface area (Å²) in [6.07, 6.45) is 7.57. The van der Waals surface area contributed by atoms with Gasteiger partial charge in [0.2, 0.25) is 0 Å². The smallest absolute Gasteiger partial charge is 0.0613 e. The maximum absolute atomic E-state index is 5.05. The van der Waals surface area contributed by atoms with Gasteiger partial charge in [-0.2, -0.15) is 11.8 Å². The van der Waals surface area contributed by atoms with Gasteiger partial charge in [-0.3, -0.25) is 0 Å². The Morgan fingerprint density at radius 1 is 1.21 bits per heavy atom. The third-order valence-electron chi connectivity index (χ3n) is 2.18. The lowest BCUT2D eigenvalue weighted by Gasteiger charge is -2.11. The van der Waals surface area contributed by atoms with Crippen LogP contribution in [-0.4, -0.2) is 38.3 Å². The standard InChI is InChI=1S/C11H25NOS/c1-11(10-13-2)12-8-6-4-5-7-9-14-3/h11-12H,4-10H2,1-3H3. The van der Waals surface area contributed by atoms with E-state index in [2.05, 4.69) is 18.5 Å². The second-order valence-corrected chi connectivity index (χ2v) is 4.70. The predicted octanol–water partition coefficient (Wildman–Crippen LogP) is 2.53. The largest absolute Gasteiger partial charge is 0.383 e. The van der Waals surface area contributed by atoms with Gasteiger partial charge in [-0.1, -0.05) is 12.8 Å². The van der Waals surface area contributed by atoms with E-state index in [1.807, 2.05) is 11.8 Å². The van der Waals surface area contributed by atoms with E-state index in [0.29, 0.717) is 6.04 Å². The zero-order valence-electron chi connectivity index (χ0n) is 9.84. The molecule has 0 aromatic carbocycles. The second-order valence-electron chi connectivity index (χ2n) is 3.72. The van der Waals surface area contributed by atoms with E-state index in [9.17, 15) is 0 Å². The van der Waals surface area contributed by atoms with Gasteiger partial charge in [0.25, 0.3) is 0 Å². The summed E-state index contributed by atoms with van der Waals surface area (Å²) in [5, 5.41) is 3.44. The van der Waals surface area contributed by atoms with E-state index < -0.39 is 0 Å². The molecule has 0 aliphatic carbocycles. The van der Waals surface area contributed by atoms with Crippen LogP contribution in [0.25, 0.3) is 0 Å². The molecule has 0 rings (SSSR count). The van der Waals surface area contributed by atoms with E-state index in [4.69, 9.17) is 4.74 Å². The van der Waals surface area contributed by atoms with E-state index in [1.54, 1.807) is 7.11 Å². The average molecular weight is 219 g/mol. The van der Waals surface area contributed by atoms with Gasteiger partial charge in [-0.05, 0) is 38.3 Å². The third-order valence-corrected chi connectivity index (χ3v) is 2.88. The molecule has 1 atom stereocenters. The lowest BCUT2D eigenvalue weighted by atomic mass is 10.2. The van der Waals surface area contributed by atoms with Crippen LogP contribution in [0.1, 0.15) is 32.6 Å². The fourth-order valence-corrected chi connectivity index (χ4v) is 1.88. The van der Waals surface area contributed by atoms with Crippen LogP contribution in [0.5, 0.6) is 0 Å². The molecular weight excluding hydrogens is 194 g/mol. The number of unbranched alkanes of at least 4 members (excludes halogenated alkanes) is 3. The Morgan fingerprint density at radius 2 is 1.93 bits per heavy atom. The van der Waals surface area contributed by atoms with Gasteiger partial charge in [0.1, 0.15) is 0 Å². The molecular formula is C11H25NOS. The summed E-state index contributed by atoms with van der Waals surface area (Å²) in [7, 11) is 1.75. The van der Waals surface area contributed by atoms with Crippen LogP contribution in [0.3, 0.4) is 0 Å². The van der Waals surface area contributed by atoms with Crippen LogP contribution in [0.4, 0.5) is 0 Å². The van der Waals surface area contributed by atoms with Gasteiger partial charge in [0, 0.05) is 13.2 Å². The van der Waals surface area contributed by atoms with Crippen molar-refractivity contribution in [2.75, 3.05) is 32.3 Å². The molecule has 14 heavy (non-hydrogen) atoms. The Balaban J connectivity index is 2.98. The quantitative estimate of drug-likeness (QED) is 0.571. The molecule has 0 fully saturated rings. The van der Waals surface area contributed by atoms with Crippen molar-refractivity contribution < 1.29 is 4.74 Å². The summed E-state index contributed by atoms with van der Waals surface area (Å²) in [4.78, 5) is 0. The van der Waals surface area contributed by atoms with Crippen LogP contribution < -0.4 is 5.32 Å². The lowest BCUT2D eigenvalue weighted by Crippen LogP contribution is -2.30. The second kappa shape index (κ2) is 11.3. The minimum Gasteiger partial charge on any atom is -0.383 e. The average Bonchev–Trinajstić information content (AvgIpc) is 2.17. The summed E-state index contributed by atoms with van der Waals surface area (Å²) < 4.78 is 5.05. The minimum atomic E-state index is 0.492. The molecule has 0 aliphatic rings. The highest BCUT2D eigenvalue weighted by Crippen LogP contribution is 2.03. The molecule has 0 aliphatic heterocycles. The van der Waals surface area contributed by atoms with Crippen molar-refractivity contribution in [3.63, 3.8) is 0 Å². The molecule has 0 saturated carbocycles. The van der Waals surface area contributed by atoms with Crippen molar-refractivity contribution in [3.05, 3.63) is 0 Å². The number of thioether (sulfide) groups is 1. The van der Waals surface area contributed by atoms with Gasteiger partial charge in [-0.15, -0.1) is 0 Å². The van der Waals surface area contributed by atoms with Gasteiger partial charge >= 0.3 is 0 Å². The molecule has 3 heteroatoms. The SMILES string of the molecule is COCC(C)NCCCCCCSC. The fourth-order valence-electron chi connectivity index (χ4n) is 1.38. The van der Waals surface area contributed by atoms with E-state index in [-0.39, 0.29) is 0 Å². The van der Waals surface area contributed by atoms with E-state index in [0.717, 1.165) is 13.2 Å². The summed E-state index contributed by atoms with van der Waals surface area (Å²) >= 11 is 1.94. The summed E-state index contributed by atoms with van der Waals surface area (Å²) in [5.41, 5.74) is 0. The number of hydrogen-bond donors (Lipinski definition) is 1. The number of ether oxygens (including phenoxy) is 1. The molecule has 0 aromatic rings. The monoisotopic (exact) mass is 219 g/mol. The Hall–Kier alpha value is 0.270. The first-order valence-corrected chi connectivity index (χ1v) is 6.92. The summed E-state index contributed by atoms with van der Waals surface area (Å²) in [6.45, 7) is 4.10. The maximum atomic E-state index is 5.05. The van der Waals surface area contributed by atoms with Crippen molar-refractivity contribution >= 4 is 11.8 Å². The molecule has 0 amide bonds. The number of hydrogen-bond acceptors (Lipinski definition) is 3. The summed E-state index contributed by atoms with van der Waals surface area (Å²) in [5.74, 6) is 1.31. The highest BCUT2D eigenvalue weighted by Gasteiger charge is 1.98. The first-order chi connectivity index (χ1) is 6.81. The maximum Gasteiger partial charge on any atom is 0.0613 e. The zero-order chi connectivity index (χ0) is 10.6. The number of rotatable bonds is 10. The first kappa shape index (κ1) is 14.3. The Bertz CT molecular complexity index is 111. The summed E-state index contributed by atoms with van der Waals surface area (Å²) in [6, 6.07) is 0.492. The molecule has 0 saturated heterocycles. The van der Waals surface area contributed by atoms with Crippen LogP contribution in [-0.2, 0) is 4.74 Å². The molecule has 0 bridgehead atoms. The van der Waals surface area contributed by atoms with E-state index >= 15 is 0 Å². The third kappa shape index (κ3) is 10.4. The predicted molar refractivity (Wildman–Crippen MR) is 66.2 cm³/mol. The van der Waals surface area contributed by atoms with Crippen molar-refractivity contribution in [2.45, 2.75) is 38.6 Å². The fraction of sp³-hybridized carbons (Fsp3) is 1.00. The highest BCUT2D eigenvalue weighted by molar-refractivity contribution is 7.98. The van der Waals surface area contributed by atoms with Gasteiger partial charge < -0.3 is 10.1 Å². The van der Waals surface area contributed by atoms with Crippen molar-refractivity contribution in [1.82, 2.24) is 5.32 Å². The number of nitrogens with one attached hydrogen (secondary N) is 1. The molecule has 0 spiro atoms. The Morgan fingerprint density at radius 3 is 2.57 bits per heavy atom. The molecule has 0 radical (unpaired) electrons. The molecule has 0 aromatic heterocycles. The van der Waals surface area contributed by atoms with E-state index in [1.165, 1.54) is 31.4 Å². The topological polar surface area (TPSA) is 21.3 Å². The van der Waals surface area contributed by atoms with Gasteiger partial charge in [0.05, 0.1) is 6.61 Å². The molecule has 0 heterocycles. The zero-order valence-corrected chi connectivity index (χ0v) is 10.7. The Kier molecular flexibility index (Phi) is 11.6. The minimum absolute atomic E-state index is 0.492. The number of methoxy groups -OCH3 is 1. The molecule has 1 unspecified atom stereocenters. The molecule has 1 N–H and O–H groups in total. The van der Waals surface area contributed by atoms with Crippen LogP contribution in [0.2, 0.25) is 0 Å². The van der Waals surface area contributed by atoms with Crippen LogP contribution in [0, 0.1) is 0 Å².